The topological polar surface area (TPSA) is 69.4 Å². The number of carbonyl (C=O) groups excluding carboxylic acids is 1. The molecule has 0 fully saturated rings. The molecule has 0 saturated carbocycles. The number of methoxy groups -OCH3 is 1. The van der Waals surface area contributed by atoms with Crippen LogP contribution in [-0.4, -0.2) is 23.6 Å². The monoisotopic (exact) mass is 381 g/mol. The zero-order valence-corrected chi connectivity index (χ0v) is 14.0. The average Bonchev–Trinajstić information content (AvgIpc) is 2.52. The lowest BCUT2D eigenvalue weighted by Gasteiger charge is -2.05. The molecule has 2 aromatic rings. The van der Waals surface area contributed by atoms with E-state index in [1.807, 2.05) is 0 Å². The number of carbonyl (C=O) groups is 1. The summed E-state index contributed by atoms with van der Waals surface area (Å²) in [6.45, 7) is 0. The molecule has 0 spiro atoms. The van der Waals surface area contributed by atoms with Gasteiger partial charge in [-0.15, -0.1) is 11.8 Å². The number of thioether (sulfide) groups is 1. The van der Waals surface area contributed by atoms with E-state index in [0.29, 0.717) is 16.2 Å². The molecular formula is C15H12BrNO4S. The van der Waals surface area contributed by atoms with E-state index >= 15 is 0 Å². The number of rotatable bonds is 6. The smallest absolute Gasteiger partial charge is 0.283 e. The summed E-state index contributed by atoms with van der Waals surface area (Å²) in [5, 5.41) is 11.0. The molecule has 0 N–H and O–H groups in total. The van der Waals surface area contributed by atoms with Gasteiger partial charge in [0.05, 0.1) is 22.7 Å². The zero-order chi connectivity index (χ0) is 16.1. The van der Waals surface area contributed by atoms with Crippen LogP contribution < -0.4 is 4.74 Å². The number of nitrogens with zero attached hydrogens (tertiary/aromatic N) is 1. The van der Waals surface area contributed by atoms with Crippen LogP contribution >= 0.6 is 27.7 Å². The molecule has 0 aliphatic carbocycles. The number of ketones is 1. The van der Waals surface area contributed by atoms with Crippen molar-refractivity contribution in [2.45, 2.75) is 4.90 Å². The number of hydrogen-bond acceptors (Lipinski definition) is 5. The van der Waals surface area contributed by atoms with E-state index in [2.05, 4.69) is 15.9 Å². The number of nitro benzene ring substituents is 1. The molecule has 0 radical (unpaired) electrons. The lowest BCUT2D eigenvalue weighted by molar-refractivity contribution is -0.387. The van der Waals surface area contributed by atoms with Gasteiger partial charge >= 0.3 is 0 Å². The highest BCUT2D eigenvalue weighted by Crippen LogP contribution is 2.33. The van der Waals surface area contributed by atoms with Crippen molar-refractivity contribution >= 4 is 39.2 Å². The van der Waals surface area contributed by atoms with E-state index in [-0.39, 0.29) is 17.2 Å². The predicted octanol–water partition coefficient (Wildman–Crippen LogP) is 4.34. The maximum absolute atomic E-state index is 12.1. The number of hydrogen-bond donors (Lipinski definition) is 0. The summed E-state index contributed by atoms with van der Waals surface area (Å²) in [5.74, 6) is 0.550. The van der Waals surface area contributed by atoms with Crippen molar-refractivity contribution < 1.29 is 14.5 Å². The Kier molecular flexibility index (Phi) is 5.57. The summed E-state index contributed by atoms with van der Waals surface area (Å²) in [7, 11) is 1.49. The first-order valence-corrected chi connectivity index (χ1v) is 8.03. The summed E-state index contributed by atoms with van der Waals surface area (Å²) in [4.78, 5) is 23.1. The van der Waals surface area contributed by atoms with Crippen LogP contribution in [0.1, 0.15) is 10.4 Å². The Bertz CT molecular complexity index is 703. The van der Waals surface area contributed by atoms with Gasteiger partial charge in [0.25, 0.3) is 5.69 Å². The largest absolute Gasteiger partial charge is 0.497 e. The third kappa shape index (κ3) is 4.08. The average molecular weight is 382 g/mol. The van der Waals surface area contributed by atoms with Gasteiger partial charge in [0.1, 0.15) is 5.75 Å². The highest BCUT2D eigenvalue weighted by Gasteiger charge is 2.17. The van der Waals surface area contributed by atoms with Crippen molar-refractivity contribution in [1.29, 1.82) is 0 Å². The van der Waals surface area contributed by atoms with Gasteiger partial charge in [0.2, 0.25) is 0 Å². The molecule has 22 heavy (non-hydrogen) atoms. The molecule has 0 atom stereocenters. The molecule has 0 amide bonds. The number of Topliss-reactive ketones (excluding diaryl/α,β-unsaturated/α-hetero) is 1. The molecule has 0 unspecified atom stereocenters. The van der Waals surface area contributed by atoms with Crippen molar-refractivity contribution in [3.63, 3.8) is 0 Å². The van der Waals surface area contributed by atoms with Gasteiger partial charge in [0, 0.05) is 22.2 Å². The van der Waals surface area contributed by atoms with Gasteiger partial charge in [-0.1, -0.05) is 28.1 Å². The number of ether oxygens (including phenoxy) is 1. The third-order valence-electron chi connectivity index (χ3n) is 2.89. The Balaban J connectivity index is 2.14. The molecular weight excluding hydrogens is 370 g/mol. The van der Waals surface area contributed by atoms with Gasteiger partial charge in [-0.3, -0.25) is 14.9 Å². The van der Waals surface area contributed by atoms with Crippen molar-refractivity contribution in [3.05, 3.63) is 62.6 Å². The van der Waals surface area contributed by atoms with E-state index < -0.39 is 4.92 Å². The highest BCUT2D eigenvalue weighted by atomic mass is 79.9. The molecule has 0 aromatic heterocycles. The Labute approximate surface area is 140 Å². The fraction of sp³-hybridized carbons (Fsp3) is 0.133. The quantitative estimate of drug-likeness (QED) is 0.322. The molecule has 0 saturated heterocycles. The fourth-order valence-electron chi connectivity index (χ4n) is 1.75. The Morgan fingerprint density at radius 1 is 1.27 bits per heavy atom. The second-order valence-electron chi connectivity index (χ2n) is 4.31. The first-order chi connectivity index (χ1) is 10.5. The first-order valence-electron chi connectivity index (χ1n) is 6.25. The van der Waals surface area contributed by atoms with E-state index in [4.69, 9.17) is 4.74 Å². The minimum atomic E-state index is -0.466. The van der Waals surface area contributed by atoms with Crippen molar-refractivity contribution in [2.24, 2.45) is 0 Å². The summed E-state index contributed by atoms with van der Waals surface area (Å²) in [5.41, 5.74) is 0.538. The van der Waals surface area contributed by atoms with Gasteiger partial charge in [-0.2, -0.15) is 0 Å². The lowest BCUT2D eigenvalue weighted by atomic mass is 10.2. The van der Waals surface area contributed by atoms with Crippen molar-refractivity contribution in [2.75, 3.05) is 12.9 Å². The van der Waals surface area contributed by atoms with Gasteiger partial charge in [0.15, 0.2) is 5.78 Å². The highest BCUT2D eigenvalue weighted by molar-refractivity contribution is 9.10. The standard InChI is InChI=1S/C15H12BrNO4S/c1-21-12-6-7-13(17(19)20)15(8-12)22-9-14(18)10-2-4-11(16)5-3-10/h2-8H,9H2,1H3. The maximum Gasteiger partial charge on any atom is 0.283 e. The first kappa shape index (κ1) is 16.5. The number of benzene rings is 2. The van der Waals surface area contributed by atoms with E-state index in [0.717, 1.165) is 16.2 Å². The van der Waals surface area contributed by atoms with E-state index in [1.54, 1.807) is 30.3 Å². The van der Waals surface area contributed by atoms with Crippen LogP contribution in [0.15, 0.2) is 51.8 Å². The Hall–Kier alpha value is -1.86. The van der Waals surface area contributed by atoms with Crippen LogP contribution in [0.4, 0.5) is 5.69 Å². The van der Waals surface area contributed by atoms with Crippen LogP contribution in [0.25, 0.3) is 0 Å². The van der Waals surface area contributed by atoms with Crippen LogP contribution in [0.3, 0.4) is 0 Å². The lowest BCUT2D eigenvalue weighted by Crippen LogP contribution is -2.02. The van der Waals surface area contributed by atoms with Crippen molar-refractivity contribution in [1.82, 2.24) is 0 Å². The summed E-state index contributed by atoms with van der Waals surface area (Å²) in [6.07, 6.45) is 0. The maximum atomic E-state index is 12.1. The molecule has 0 aliphatic heterocycles. The molecule has 114 valence electrons. The Morgan fingerprint density at radius 3 is 2.55 bits per heavy atom. The number of halogens is 1. The van der Waals surface area contributed by atoms with Gasteiger partial charge in [-0.25, -0.2) is 0 Å². The van der Waals surface area contributed by atoms with E-state index in [1.165, 1.54) is 19.2 Å². The number of nitro groups is 1. The van der Waals surface area contributed by atoms with Gasteiger partial charge in [-0.05, 0) is 18.2 Å². The minimum Gasteiger partial charge on any atom is -0.497 e. The zero-order valence-electron chi connectivity index (χ0n) is 11.6. The molecule has 0 bridgehead atoms. The van der Waals surface area contributed by atoms with Crippen LogP contribution in [0.2, 0.25) is 0 Å². The van der Waals surface area contributed by atoms with Crippen LogP contribution in [-0.2, 0) is 0 Å². The van der Waals surface area contributed by atoms with E-state index in [9.17, 15) is 14.9 Å². The molecule has 2 rings (SSSR count). The molecule has 5 nitrogen and oxygen atoms in total. The third-order valence-corrected chi connectivity index (χ3v) is 4.46. The minimum absolute atomic E-state index is 0.0330. The SMILES string of the molecule is COc1ccc([N+](=O)[O-])c(SCC(=O)c2ccc(Br)cc2)c1. The van der Waals surface area contributed by atoms with Crippen LogP contribution in [0, 0.1) is 10.1 Å². The summed E-state index contributed by atoms with van der Waals surface area (Å²) < 4.78 is 5.96. The molecule has 7 heteroatoms. The molecule has 0 aliphatic rings. The summed E-state index contributed by atoms with van der Waals surface area (Å²) in [6, 6.07) is 11.5. The second-order valence-corrected chi connectivity index (χ2v) is 6.24. The summed E-state index contributed by atoms with van der Waals surface area (Å²) >= 11 is 4.44. The normalized spacial score (nSPS) is 10.3. The fourth-order valence-corrected chi connectivity index (χ4v) is 2.96. The predicted molar refractivity (Wildman–Crippen MR) is 88.8 cm³/mol. The van der Waals surface area contributed by atoms with Crippen molar-refractivity contribution in [3.8, 4) is 5.75 Å². The molecule has 2 aromatic carbocycles. The second kappa shape index (κ2) is 7.42. The Morgan fingerprint density at radius 2 is 1.95 bits per heavy atom. The van der Waals surface area contributed by atoms with Crippen LogP contribution in [0.5, 0.6) is 5.75 Å². The molecule has 0 heterocycles. The van der Waals surface area contributed by atoms with Gasteiger partial charge < -0.3 is 4.74 Å².